The molecule has 8 heteroatoms. The molecule has 1 N–H and O–H groups in total. The number of hydrogen-bond acceptors (Lipinski definition) is 5. The molecule has 1 amide bonds. The number of nitrogens with zero attached hydrogens (tertiary/aromatic N) is 2. The van der Waals surface area contributed by atoms with Crippen molar-refractivity contribution in [2.45, 2.75) is 29.5 Å². The summed E-state index contributed by atoms with van der Waals surface area (Å²) in [6, 6.07) is 5.04. The van der Waals surface area contributed by atoms with Crippen LogP contribution in [-0.2, 0) is 4.79 Å². The summed E-state index contributed by atoms with van der Waals surface area (Å²) in [5.74, 6) is -0.0753. The topological polar surface area (TPSA) is 54.9 Å². The molecule has 0 bridgehead atoms. The highest BCUT2D eigenvalue weighted by Gasteiger charge is 2.19. The van der Waals surface area contributed by atoms with Crippen LogP contribution in [0.1, 0.15) is 25.5 Å². The van der Waals surface area contributed by atoms with Gasteiger partial charge in [0, 0.05) is 10.0 Å². The van der Waals surface area contributed by atoms with E-state index in [9.17, 15) is 4.79 Å². The molecule has 0 radical (unpaired) electrons. The fourth-order valence-electron chi connectivity index (χ4n) is 1.68. The average molecular weight is 362 g/mol. The van der Waals surface area contributed by atoms with Crippen LogP contribution in [0.15, 0.2) is 28.0 Å². The van der Waals surface area contributed by atoms with E-state index in [2.05, 4.69) is 15.5 Å². The number of amides is 1. The molecule has 1 aromatic carbocycles. The van der Waals surface area contributed by atoms with Crippen molar-refractivity contribution in [1.29, 1.82) is 0 Å². The number of nitrogens with one attached hydrogen (secondary N) is 1. The van der Waals surface area contributed by atoms with Gasteiger partial charge in [-0.15, -0.1) is 10.2 Å². The second kappa shape index (κ2) is 7.45. The maximum atomic E-state index is 12.2. The van der Waals surface area contributed by atoms with Crippen LogP contribution in [0.25, 0.3) is 0 Å². The van der Waals surface area contributed by atoms with E-state index in [4.69, 9.17) is 23.2 Å². The third-order valence-electron chi connectivity index (χ3n) is 2.77. The van der Waals surface area contributed by atoms with Gasteiger partial charge in [0.2, 0.25) is 5.91 Å². The van der Waals surface area contributed by atoms with Crippen LogP contribution in [0.3, 0.4) is 0 Å². The van der Waals surface area contributed by atoms with Crippen molar-refractivity contribution in [3.8, 4) is 0 Å². The van der Waals surface area contributed by atoms with Crippen LogP contribution < -0.4 is 5.32 Å². The Hall–Kier alpha value is -0.820. The Labute approximate surface area is 141 Å². The molecule has 0 fully saturated rings. The minimum atomic E-state index is -0.258. The summed E-state index contributed by atoms with van der Waals surface area (Å²) in [6.45, 7) is 3.72. The highest BCUT2D eigenvalue weighted by Crippen LogP contribution is 2.28. The summed E-state index contributed by atoms with van der Waals surface area (Å²) < 4.78 is 0.773. The fraction of sp³-hybridized carbons (Fsp3) is 0.308. The Morgan fingerprint density at radius 1 is 1.38 bits per heavy atom. The van der Waals surface area contributed by atoms with Gasteiger partial charge >= 0.3 is 0 Å². The minimum Gasteiger partial charge on any atom is -0.349 e. The van der Waals surface area contributed by atoms with E-state index in [1.165, 1.54) is 23.1 Å². The third kappa shape index (κ3) is 4.57. The van der Waals surface area contributed by atoms with Gasteiger partial charge in [0.1, 0.15) is 5.51 Å². The Morgan fingerprint density at radius 3 is 2.76 bits per heavy atom. The number of benzene rings is 1. The smallest absolute Gasteiger partial charge is 0.233 e. The molecule has 2 rings (SSSR count). The third-order valence-corrected chi connectivity index (χ3v) is 5.25. The summed E-state index contributed by atoms with van der Waals surface area (Å²) >= 11 is 14.8. The van der Waals surface area contributed by atoms with E-state index >= 15 is 0 Å². The molecule has 4 nitrogen and oxygen atoms in total. The van der Waals surface area contributed by atoms with Crippen LogP contribution in [0, 0.1) is 0 Å². The summed E-state index contributed by atoms with van der Waals surface area (Å²) in [5.41, 5.74) is 2.48. The maximum absolute atomic E-state index is 12.2. The summed E-state index contributed by atoms with van der Waals surface area (Å²) in [6.07, 6.45) is 0. The molecule has 0 aliphatic heterocycles. The van der Waals surface area contributed by atoms with Gasteiger partial charge in [-0.2, -0.15) is 0 Å². The van der Waals surface area contributed by atoms with Crippen molar-refractivity contribution in [3.05, 3.63) is 39.3 Å². The Morgan fingerprint density at radius 2 is 2.14 bits per heavy atom. The second-order valence-electron chi connectivity index (χ2n) is 4.36. The van der Waals surface area contributed by atoms with Crippen molar-refractivity contribution in [1.82, 2.24) is 15.5 Å². The van der Waals surface area contributed by atoms with E-state index in [0.717, 1.165) is 9.90 Å². The molecule has 2 aromatic rings. The van der Waals surface area contributed by atoms with Gasteiger partial charge in [-0.05, 0) is 31.5 Å². The molecule has 2 atom stereocenters. The van der Waals surface area contributed by atoms with Gasteiger partial charge in [0.05, 0.1) is 11.3 Å². The quantitative estimate of drug-likeness (QED) is 0.810. The van der Waals surface area contributed by atoms with Crippen molar-refractivity contribution in [3.63, 3.8) is 0 Å². The van der Waals surface area contributed by atoms with Crippen LogP contribution in [0.2, 0.25) is 10.0 Å². The first kappa shape index (κ1) is 16.5. The molecular weight excluding hydrogens is 349 g/mol. The number of rotatable bonds is 5. The van der Waals surface area contributed by atoms with E-state index in [1.807, 2.05) is 19.9 Å². The van der Waals surface area contributed by atoms with E-state index in [-0.39, 0.29) is 17.2 Å². The maximum Gasteiger partial charge on any atom is 0.233 e. The molecule has 0 spiro atoms. The first-order valence-electron chi connectivity index (χ1n) is 6.15. The molecule has 0 aliphatic carbocycles. The number of carbonyl (C=O) groups excluding carboxylic acids is 1. The standard InChI is InChI=1S/C13H13Cl2N3OS2/c1-7(10-4-3-9(14)5-11(10)15)17-12(19)8(2)21-13-18-16-6-20-13/h3-8H,1-2H3,(H,17,19)/t7-,8+/m0/s1. The number of hydrogen-bond donors (Lipinski definition) is 1. The zero-order valence-electron chi connectivity index (χ0n) is 11.3. The van der Waals surface area contributed by atoms with Gasteiger partial charge in [-0.3, -0.25) is 4.79 Å². The monoisotopic (exact) mass is 361 g/mol. The second-order valence-corrected chi connectivity index (χ2v) is 7.63. The number of halogens is 2. The summed E-state index contributed by atoms with van der Waals surface area (Å²) in [7, 11) is 0. The molecular formula is C13H13Cl2N3OS2. The zero-order valence-corrected chi connectivity index (χ0v) is 14.5. The fourth-order valence-corrected chi connectivity index (χ4v) is 3.89. The normalized spacial score (nSPS) is 13.7. The van der Waals surface area contributed by atoms with Crippen molar-refractivity contribution >= 4 is 52.2 Å². The number of aromatic nitrogens is 2. The Bertz CT molecular complexity index is 622. The molecule has 0 aliphatic rings. The minimum absolute atomic E-state index is 0.0753. The van der Waals surface area contributed by atoms with E-state index in [0.29, 0.717) is 10.0 Å². The van der Waals surface area contributed by atoms with Gasteiger partial charge < -0.3 is 5.32 Å². The molecule has 0 saturated heterocycles. The Balaban J connectivity index is 1.98. The lowest BCUT2D eigenvalue weighted by Gasteiger charge is -2.18. The molecule has 112 valence electrons. The predicted octanol–water partition coefficient (Wildman–Crippen LogP) is 4.20. The van der Waals surface area contributed by atoms with E-state index < -0.39 is 0 Å². The summed E-state index contributed by atoms with van der Waals surface area (Å²) in [5, 5.41) is 11.5. The van der Waals surface area contributed by atoms with Gasteiger partial charge in [-0.25, -0.2) is 0 Å². The Kier molecular flexibility index (Phi) is 5.87. The van der Waals surface area contributed by atoms with Gasteiger partial charge in [-0.1, -0.05) is 52.4 Å². The molecule has 0 saturated carbocycles. The molecule has 1 heterocycles. The highest BCUT2D eigenvalue weighted by atomic mass is 35.5. The van der Waals surface area contributed by atoms with Gasteiger partial charge in [0.15, 0.2) is 4.34 Å². The average Bonchev–Trinajstić information content (AvgIpc) is 2.91. The van der Waals surface area contributed by atoms with Crippen LogP contribution in [0.5, 0.6) is 0 Å². The van der Waals surface area contributed by atoms with Crippen molar-refractivity contribution < 1.29 is 4.79 Å². The molecule has 0 unspecified atom stereocenters. The van der Waals surface area contributed by atoms with Crippen LogP contribution in [0.4, 0.5) is 0 Å². The lowest BCUT2D eigenvalue weighted by Crippen LogP contribution is -2.33. The van der Waals surface area contributed by atoms with Gasteiger partial charge in [0.25, 0.3) is 0 Å². The lowest BCUT2D eigenvalue weighted by atomic mass is 10.1. The van der Waals surface area contributed by atoms with Crippen LogP contribution >= 0.6 is 46.3 Å². The molecule has 21 heavy (non-hydrogen) atoms. The SMILES string of the molecule is C[C@H](NC(=O)[C@@H](C)Sc1nncs1)c1ccc(Cl)cc1Cl. The zero-order chi connectivity index (χ0) is 15.4. The molecule has 1 aromatic heterocycles. The first-order chi connectivity index (χ1) is 9.97. The van der Waals surface area contributed by atoms with Crippen LogP contribution in [-0.4, -0.2) is 21.4 Å². The number of carbonyl (C=O) groups is 1. The first-order valence-corrected chi connectivity index (χ1v) is 8.67. The van der Waals surface area contributed by atoms with Crippen molar-refractivity contribution in [2.75, 3.05) is 0 Å². The largest absolute Gasteiger partial charge is 0.349 e. The lowest BCUT2D eigenvalue weighted by molar-refractivity contribution is -0.120. The van der Waals surface area contributed by atoms with E-state index in [1.54, 1.807) is 17.6 Å². The van der Waals surface area contributed by atoms with Crippen molar-refractivity contribution in [2.24, 2.45) is 0 Å². The number of thioether (sulfide) groups is 1. The summed E-state index contributed by atoms with van der Waals surface area (Å²) in [4.78, 5) is 12.2. The predicted molar refractivity (Wildman–Crippen MR) is 88.2 cm³/mol. The highest BCUT2D eigenvalue weighted by molar-refractivity contribution is 8.02.